The third kappa shape index (κ3) is 5.16. The number of nitrogens with zero attached hydrogens (tertiary/aromatic N) is 1. The number of carboxylic acids is 1. The molecule has 2 fully saturated rings. The summed E-state index contributed by atoms with van der Waals surface area (Å²) >= 11 is 0. The van der Waals surface area contributed by atoms with E-state index in [4.69, 9.17) is 5.11 Å². The molecule has 2 heterocycles. The summed E-state index contributed by atoms with van der Waals surface area (Å²) in [5.41, 5.74) is 0. The molecule has 2 saturated heterocycles. The lowest BCUT2D eigenvalue weighted by Crippen LogP contribution is -2.57. The van der Waals surface area contributed by atoms with Crippen LogP contribution >= 0.6 is 0 Å². The predicted octanol–water partition coefficient (Wildman–Crippen LogP) is -1.82. The average Bonchev–Trinajstić information content (AvgIpc) is 3.29. The van der Waals surface area contributed by atoms with E-state index in [1.165, 1.54) is 13.8 Å². The third-order valence-electron chi connectivity index (χ3n) is 5.00. The van der Waals surface area contributed by atoms with Gasteiger partial charge in [-0.05, 0) is 46.1 Å². The number of hydrogen-bond acceptors (Lipinski definition) is 6. The highest BCUT2D eigenvalue weighted by atomic mass is 16.4. The Morgan fingerprint density at radius 3 is 2.37 bits per heavy atom. The van der Waals surface area contributed by atoms with Gasteiger partial charge in [0.05, 0.1) is 12.1 Å². The summed E-state index contributed by atoms with van der Waals surface area (Å²) in [7, 11) is 0. The Kier molecular flexibility index (Phi) is 7.14. The van der Waals surface area contributed by atoms with Crippen LogP contribution < -0.4 is 16.0 Å². The van der Waals surface area contributed by atoms with Crippen LogP contribution in [0.3, 0.4) is 0 Å². The topological polar surface area (TPSA) is 148 Å². The van der Waals surface area contributed by atoms with Crippen LogP contribution in [0.2, 0.25) is 0 Å². The normalized spacial score (nSPS) is 25.5. The standard InChI is InChI=1S/C17H28N4O6/c1-9(14(23)20-13(10(2)22)17(26)27)19-15(24)12-6-4-8-21(12)16(25)11-5-3-7-18-11/h9-13,18,22H,3-8H2,1-2H3,(H,19,24)(H,20,23)(H,26,27). The van der Waals surface area contributed by atoms with E-state index in [1.54, 1.807) is 4.90 Å². The summed E-state index contributed by atoms with van der Waals surface area (Å²) in [6.07, 6.45) is 1.62. The molecule has 2 rings (SSSR count). The molecule has 0 aromatic heterocycles. The first-order valence-corrected chi connectivity index (χ1v) is 9.28. The first-order valence-electron chi connectivity index (χ1n) is 9.28. The van der Waals surface area contributed by atoms with Crippen LogP contribution in [-0.4, -0.2) is 82.2 Å². The second kappa shape index (κ2) is 9.14. The maximum atomic E-state index is 12.6. The molecule has 5 unspecified atom stereocenters. The molecule has 3 amide bonds. The Balaban J connectivity index is 1.93. The third-order valence-corrected chi connectivity index (χ3v) is 5.00. The summed E-state index contributed by atoms with van der Waals surface area (Å²) in [5.74, 6) is -2.62. The second-order valence-corrected chi connectivity index (χ2v) is 7.13. The number of carbonyl (C=O) groups is 4. The quantitative estimate of drug-likeness (QED) is 0.347. The summed E-state index contributed by atoms with van der Waals surface area (Å²) < 4.78 is 0. The molecule has 0 bridgehead atoms. The highest BCUT2D eigenvalue weighted by Gasteiger charge is 2.38. The van der Waals surface area contributed by atoms with Crippen molar-refractivity contribution in [3.05, 3.63) is 0 Å². The highest BCUT2D eigenvalue weighted by Crippen LogP contribution is 2.21. The molecule has 0 aromatic carbocycles. The lowest BCUT2D eigenvalue weighted by atomic mass is 10.1. The Morgan fingerprint density at radius 2 is 1.81 bits per heavy atom. The zero-order valence-corrected chi connectivity index (χ0v) is 15.6. The molecule has 0 aromatic rings. The van der Waals surface area contributed by atoms with E-state index >= 15 is 0 Å². The van der Waals surface area contributed by atoms with Gasteiger partial charge >= 0.3 is 5.97 Å². The number of likely N-dealkylation sites (tertiary alicyclic amines) is 1. The molecule has 2 aliphatic rings. The number of nitrogens with one attached hydrogen (secondary N) is 3. The SMILES string of the molecule is CC(NC(=O)C1CCCN1C(=O)C1CCCN1)C(=O)NC(C(=O)O)C(C)O. The Morgan fingerprint density at radius 1 is 1.11 bits per heavy atom. The molecule has 5 N–H and O–H groups in total. The molecular weight excluding hydrogens is 356 g/mol. The van der Waals surface area contributed by atoms with Crippen LogP contribution in [0.4, 0.5) is 0 Å². The maximum absolute atomic E-state index is 12.6. The fourth-order valence-electron chi connectivity index (χ4n) is 3.44. The molecule has 0 radical (unpaired) electrons. The van der Waals surface area contributed by atoms with Crippen molar-refractivity contribution >= 4 is 23.7 Å². The van der Waals surface area contributed by atoms with E-state index in [0.29, 0.717) is 19.4 Å². The Labute approximate surface area is 157 Å². The van der Waals surface area contributed by atoms with Crippen molar-refractivity contribution in [2.24, 2.45) is 0 Å². The monoisotopic (exact) mass is 384 g/mol. The number of aliphatic carboxylic acids is 1. The molecular formula is C17H28N4O6. The van der Waals surface area contributed by atoms with Crippen molar-refractivity contribution in [3.63, 3.8) is 0 Å². The maximum Gasteiger partial charge on any atom is 0.328 e. The van der Waals surface area contributed by atoms with E-state index in [0.717, 1.165) is 19.4 Å². The number of aliphatic hydroxyl groups excluding tert-OH is 1. The molecule has 0 aliphatic carbocycles. The van der Waals surface area contributed by atoms with Gasteiger partial charge in [-0.15, -0.1) is 0 Å². The van der Waals surface area contributed by atoms with Crippen molar-refractivity contribution in [2.75, 3.05) is 13.1 Å². The van der Waals surface area contributed by atoms with Gasteiger partial charge in [0.15, 0.2) is 6.04 Å². The molecule has 0 spiro atoms. The molecule has 152 valence electrons. The van der Waals surface area contributed by atoms with Gasteiger partial charge in [-0.2, -0.15) is 0 Å². The zero-order valence-electron chi connectivity index (χ0n) is 15.6. The summed E-state index contributed by atoms with van der Waals surface area (Å²) in [5, 5.41) is 26.3. The molecule has 2 aliphatic heterocycles. The molecule has 10 heteroatoms. The predicted molar refractivity (Wildman–Crippen MR) is 94.6 cm³/mol. The summed E-state index contributed by atoms with van der Waals surface area (Å²) in [6.45, 7) is 3.96. The van der Waals surface area contributed by atoms with E-state index in [1.807, 2.05) is 0 Å². The first-order chi connectivity index (χ1) is 12.7. The van der Waals surface area contributed by atoms with Crippen LogP contribution in [0.15, 0.2) is 0 Å². The number of amides is 3. The molecule has 5 atom stereocenters. The lowest BCUT2D eigenvalue weighted by Gasteiger charge is -2.28. The zero-order chi connectivity index (χ0) is 20.1. The minimum Gasteiger partial charge on any atom is -0.480 e. The average molecular weight is 384 g/mol. The molecule has 27 heavy (non-hydrogen) atoms. The van der Waals surface area contributed by atoms with E-state index in [-0.39, 0.29) is 11.9 Å². The van der Waals surface area contributed by atoms with E-state index in [9.17, 15) is 24.3 Å². The largest absolute Gasteiger partial charge is 0.480 e. The van der Waals surface area contributed by atoms with Crippen molar-refractivity contribution in [1.29, 1.82) is 0 Å². The van der Waals surface area contributed by atoms with Crippen molar-refractivity contribution in [2.45, 2.75) is 69.8 Å². The second-order valence-electron chi connectivity index (χ2n) is 7.13. The Bertz CT molecular complexity index is 590. The van der Waals surface area contributed by atoms with Gasteiger partial charge in [-0.3, -0.25) is 14.4 Å². The summed E-state index contributed by atoms with van der Waals surface area (Å²) in [4.78, 5) is 49.9. The van der Waals surface area contributed by atoms with Gasteiger partial charge in [0.2, 0.25) is 17.7 Å². The Hall–Kier alpha value is -2.20. The van der Waals surface area contributed by atoms with Crippen molar-refractivity contribution < 1.29 is 29.4 Å². The highest BCUT2D eigenvalue weighted by molar-refractivity contribution is 5.94. The van der Waals surface area contributed by atoms with Crippen molar-refractivity contribution in [1.82, 2.24) is 20.9 Å². The van der Waals surface area contributed by atoms with E-state index in [2.05, 4.69) is 16.0 Å². The molecule has 10 nitrogen and oxygen atoms in total. The van der Waals surface area contributed by atoms with Gasteiger partial charge in [0, 0.05) is 6.54 Å². The number of hydrogen-bond donors (Lipinski definition) is 5. The number of aliphatic hydroxyl groups is 1. The number of rotatable bonds is 7. The van der Waals surface area contributed by atoms with Crippen molar-refractivity contribution in [3.8, 4) is 0 Å². The van der Waals surface area contributed by atoms with Gasteiger partial charge in [0.25, 0.3) is 0 Å². The van der Waals surface area contributed by atoms with E-state index < -0.39 is 42.0 Å². The van der Waals surface area contributed by atoms with Crippen LogP contribution in [0.5, 0.6) is 0 Å². The minimum absolute atomic E-state index is 0.0951. The number of carbonyl (C=O) groups excluding carboxylic acids is 3. The van der Waals surface area contributed by atoms with Crippen LogP contribution in [0.25, 0.3) is 0 Å². The van der Waals surface area contributed by atoms with Gasteiger partial charge in [-0.1, -0.05) is 0 Å². The van der Waals surface area contributed by atoms with Crippen LogP contribution in [0.1, 0.15) is 39.5 Å². The summed E-state index contributed by atoms with van der Waals surface area (Å²) in [6, 6.07) is -3.36. The van der Waals surface area contributed by atoms with Gasteiger partial charge in [-0.25, -0.2) is 4.79 Å². The lowest BCUT2D eigenvalue weighted by molar-refractivity contribution is -0.145. The fourth-order valence-corrected chi connectivity index (χ4v) is 3.44. The molecule has 0 saturated carbocycles. The van der Waals surface area contributed by atoms with Crippen LogP contribution in [0, 0.1) is 0 Å². The first kappa shape index (κ1) is 21.1. The fraction of sp³-hybridized carbons (Fsp3) is 0.765. The smallest absolute Gasteiger partial charge is 0.328 e. The minimum atomic E-state index is -1.46. The van der Waals surface area contributed by atoms with Crippen LogP contribution in [-0.2, 0) is 19.2 Å². The van der Waals surface area contributed by atoms with Gasteiger partial charge < -0.3 is 31.1 Å². The van der Waals surface area contributed by atoms with Gasteiger partial charge in [0.1, 0.15) is 12.1 Å². The number of carboxylic acid groups (broad SMARTS) is 1.